The molecule has 5 nitrogen and oxygen atoms in total. The number of fused-ring (bicyclic) bond motifs is 2. The van der Waals surface area contributed by atoms with Gasteiger partial charge in [0, 0.05) is 12.0 Å². The Morgan fingerprint density at radius 1 is 1.21 bits per heavy atom. The third-order valence-corrected chi connectivity index (χ3v) is 6.56. The van der Waals surface area contributed by atoms with Crippen LogP contribution in [0.1, 0.15) is 34.5 Å². The zero-order valence-corrected chi connectivity index (χ0v) is 17.3. The second-order valence-corrected chi connectivity index (χ2v) is 8.61. The third kappa shape index (κ3) is 3.43. The SMILES string of the molecule is Cc1cc2nc(N(C[C@H]3CCCO3)C(=O)c3cc4ccccc4o3)sc2cc1C. The van der Waals surface area contributed by atoms with E-state index < -0.39 is 0 Å². The number of amides is 1. The van der Waals surface area contributed by atoms with Gasteiger partial charge in [-0.05, 0) is 62.1 Å². The first-order chi connectivity index (χ1) is 14.1. The summed E-state index contributed by atoms with van der Waals surface area (Å²) < 4.78 is 12.7. The summed E-state index contributed by atoms with van der Waals surface area (Å²) >= 11 is 1.54. The Hall–Kier alpha value is -2.70. The van der Waals surface area contributed by atoms with Crippen LogP contribution in [0.4, 0.5) is 5.13 Å². The Morgan fingerprint density at radius 2 is 2.03 bits per heavy atom. The van der Waals surface area contributed by atoms with Gasteiger partial charge in [-0.2, -0.15) is 0 Å². The molecule has 0 N–H and O–H groups in total. The molecule has 6 heteroatoms. The molecule has 1 fully saturated rings. The van der Waals surface area contributed by atoms with Crippen LogP contribution in [0.2, 0.25) is 0 Å². The number of furan rings is 1. The van der Waals surface area contributed by atoms with Crippen molar-refractivity contribution >= 4 is 43.6 Å². The summed E-state index contributed by atoms with van der Waals surface area (Å²) in [6.07, 6.45) is 2.00. The van der Waals surface area contributed by atoms with Gasteiger partial charge in [-0.25, -0.2) is 4.98 Å². The highest BCUT2D eigenvalue weighted by atomic mass is 32.1. The summed E-state index contributed by atoms with van der Waals surface area (Å²) in [5.41, 5.74) is 4.05. The molecule has 1 aliphatic heterocycles. The maximum atomic E-state index is 13.5. The first-order valence-electron chi connectivity index (χ1n) is 9.88. The van der Waals surface area contributed by atoms with Crippen molar-refractivity contribution in [1.82, 2.24) is 4.98 Å². The molecule has 0 saturated carbocycles. The number of anilines is 1. The molecule has 5 rings (SSSR count). The maximum Gasteiger partial charge on any atom is 0.295 e. The summed E-state index contributed by atoms with van der Waals surface area (Å²) in [4.78, 5) is 20.0. The second kappa shape index (κ2) is 7.28. The topological polar surface area (TPSA) is 55.6 Å². The van der Waals surface area contributed by atoms with Crippen LogP contribution in [0.15, 0.2) is 46.9 Å². The Balaban J connectivity index is 1.56. The van der Waals surface area contributed by atoms with Gasteiger partial charge >= 0.3 is 0 Å². The number of ether oxygens (including phenoxy) is 1. The highest BCUT2D eigenvalue weighted by Gasteiger charge is 2.29. The molecule has 0 radical (unpaired) electrons. The number of para-hydroxylation sites is 1. The van der Waals surface area contributed by atoms with E-state index in [4.69, 9.17) is 14.1 Å². The number of hydrogen-bond acceptors (Lipinski definition) is 5. The number of rotatable bonds is 4. The van der Waals surface area contributed by atoms with E-state index in [-0.39, 0.29) is 12.0 Å². The average Bonchev–Trinajstić information content (AvgIpc) is 3.45. The fourth-order valence-electron chi connectivity index (χ4n) is 3.74. The fourth-order valence-corrected chi connectivity index (χ4v) is 4.80. The molecular formula is C23H22N2O3S. The molecule has 29 heavy (non-hydrogen) atoms. The highest BCUT2D eigenvalue weighted by molar-refractivity contribution is 7.22. The van der Waals surface area contributed by atoms with E-state index in [0.29, 0.717) is 23.0 Å². The number of carbonyl (C=O) groups is 1. The number of carbonyl (C=O) groups excluding carboxylic acids is 1. The fraction of sp³-hybridized carbons (Fsp3) is 0.304. The van der Waals surface area contributed by atoms with Crippen molar-refractivity contribution < 1.29 is 13.9 Å². The number of thiazole rings is 1. The van der Waals surface area contributed by atoms with Crippen LogP contribution in [0, 0.1) is 13.8 Å². The van der Waals surface area contributed by atoms with Crippen molar-refractivity contribution in [3.63, 3.8) is 0 Å². The van der Waals surface area contributed by atoms with Crippen molar-refractivity contribution in [2.75, 3.05) is 18.1 Å². The summed E-state index contributed by atoms with van der Waals surface area (Å²) in [5, 5.41) is 1.61. The molecular weight excluding hydrogens is 384 g/mol. The van der Waals surface area contributed by atoms with Crippen LogP contribution >= 0.6 is 11.3 Å². The minimum atomic E-state index is -0.177. The normalized spacial score (nSPS) is 16.7. The minimum Gasteiger partial charge on any atom is -0.451 e. The lowest BCUT2D eigenvalue weighted by Crippen LogP contribution is -2.37. The van der Waals surface area contributed by atoms with E-state index in [1.54, 1.807) is 4.90 Å². The van der Waals surface area contributed by atoms with Crippen molar-refractivity contribution in [2.24, 2.45) is 0 Å². The predicted octanol–water partition coefficient (Wildman–Crippen LogP) is 5.49. The first-order valence-corrected chi connectivity index (χ1v) is 10.7. The molecule has 0 spiro atoms. The predicted molar refractivity (Wildman–Crippen MR) is 116 cm³/mol. The lowest BCUT2D eigenvalue weighted by Gasteiger charge is -2.22. The van der Waals surface area contributed by atoms with Crippen molar-refractivity contribution in [3.8, 4) is 0 Å². The maximum absolute atomic E-state index is 13.5. The largest absolute Gasteiger partial charge is 0.451 e. The number of benzene rings is 2. The second-order valence-electron chi connectivity index (χ2n) is 7.60. The molecule has 1 saturated heterocycles. The number of aryl methyl sites for hydroxylation is 2. The summed E-state index contributed by atoms with van der Waals surface area (Å²) in [6, 6.07) is 13.7. The quantitative estimate of drug-likeness (QED) is 0.450. The van der Waals surface area contributed by atoms with E-state index in [2.05, 4.69) is 26.0 Å². The molecule has 1 amide bonds. The van der Waals surface area contributed by atoms with Gasteiger partial charge in [-0.15, -0.1) is 0 Å². The van der Waals surface area contributed by atoms with Crippen LogP contribution in [-0.4, -0.2) is 30.1 Å². The molecule has 1 aliphatic rings. The Labute approximate surface area is 172 Å². The molecule has 0 bridgehead atoms. The summed E-state index contributed by atoms with van der Waals surface area (Å²) in [6.45, 7) is 5.40. The number of aromatic nitrogens is 1. The zero-order chi connectivity index (χ0) is 20.0. The van der Waals surface area contributed by atoms with E-state index in [9.17, 15) is 4.79 Å². The standard InChI is InChI=1S/C23H22N2O3S/c1-14-10-18-21(11-15(14)2)29-23(24-18)25(13-17-7-5-9-27-17)22(26)20-12-16-6-3-4-8-19(16)28-20/h3-4,6,8,10-12,17H,5,7,9,13H2,1-2H3/t17-/m1/s1. The lowest BCUT2D eigenvalue weighted by molar-refractivity contribution is 0.0896. The monoisotopic (exact) mass is 406 g/mol. The molecule has 3 heterocycles. The smallest absolute Gasteiger partial charge is 0.295 e. The van der Waals surface area contributed by atoms with E-state index in [1.807, 2.05) is 30.3 Å². The third-order valence-electron chi connectivity index (χ3n) is 5.52. The summed E-state index contributed by atoms with van der Waals surface area (Å²) in [5.74, 6) is 0.153. The molecule has 2 aromatic heterocycles. The van der Waals surface area contributed by atoms with Gasteiger partial charge in [0.2, 0.25) is 0 Å². The van der Waals surface area contributed by atoms with E-state index in [1.165, 1.54) is 22.5 Å². The molecule has 4 aromatic rings. The lowest BCUT2D eigenvalue weighted by atomic mass is 10.1. The van der Waals surface area contributed by atoms with Gasteiger partial charge in [0.15, 0.2) is 10.9 Å². The minimum absolute atomic E-state index is 0.0267. The van der Waals surface area contributed by atoms with Crippen LogP contribution in [0.5, 0.6) is 0 Å². The number of nitrogens with zero attached hydrogens (tertiary/aromatic N) is 2. The van der Waals surface area contributed by atoms with Gasteiger partial charge in [0.1, 0.15) is 5.58 Å². The number of hydrogen-bond donors (Lipinski definition) is 0. The Morgan fingerprint density at radius 3 is 2.83 bits per heavy atom. The van der Waals surface area contributed by atoms with Crippen LogP contribution in [-0.2, 0) is 4.74 Å². The Kier molecular flexibility index (Phi) is 4.60. The van der Waals surface area contributed by atoms with Crippen LogP contribution < -0.4 is 4.90 Å². The highest BCUT2D eigenvalue weighted by Crippen LogP contribution is 2.33. The molecule has 0 aliphatic carbocycles. The van der Waals surface area contributed by atoms with Gasteiger partial charge in [0.05, 0.1) is 22.9 Å². The molecule has 148 valence electrons. The van der Waals surface area contributed by atoms with Crippen LogP contribution in [0.25, 0.3) is 21.2 Å². The molecule has 1 atom stereocenters. The van der Waals surface area contributed by atoms with Crippen molar-refractivity contribution in [2.45, 2.75) is 32.8 Å². The van der Waals surface area contributed by atoms with Gasteiger partial charge in [-0.3, -0.25) is 9.69 Å². The molecule has 2 aromatic carbocycles. The van der Waals surface area contributed by atoms with Gasteiger partial charge < -0.3 is 9.15 Å². The van der Waals surface area contributed by atoms with E-state index in [0.717, 1.165) is 35.1 Å². The van der Waals surface area contributed by atoms with Crippen LogP contribution in [0.3, 0.4) is 0 Å². The zero-order valence-electron chi connectivity index (χ0n) is 16.5. The molecule has 0 unspecified atom stereocenters. The van der Waals surface area contributed by atoms with Gasteiger partial charge in [-0.1, -0.05) is 29.5 Å². The Bertz CT molecular complexity index is 1130. The van der Waals surface area contributed by atoms with Gasteiger partial charge in [0.25, 0.3) is 5.91 Å². The van der Waals surface area contributed by atoms with Crippen molar-refractivity contribution in [3.05, 3.63) is 59.4 Å². The first kappa shape index (κ1) is 18.3. The van der Waals surface area contributed by atoms with E-state index >= 15 is 0 Å². The van der Waals surface area contributed by atoms with Crippen molar-refractivity contribution in [1.29, 1.82) is 0 Å². The average molecular weight is 407 g/mol. The summed E-state index contributed by atoms with van der Waals surface area (Å²) in [7, 11) is 0.